The zero-order valence-corrected chi connectivity index (χ0v) is 10.8. The van der Waals surface area contributed by atoms with Crippen LogP contribution in [0.2, 0.25) is 0 Å². The second-order valence-electron chi connectivity index (χ2n) is 5.35. The number of furan rings is 1. The molecule has 0 aliphatic rings. The average Bonchev–Trinajstić information content (AvgIpc) is 2.41. The van der Waals surface area contributed by atoms with Crippen LogP contribution in [0.4, 0.5) is 0 Å². The van der Waals surface area contributed by atoms with Gasteiger partial charge in [0.2, 0.25) is 5.71 Å². The summed E-state index contributed by atoms with van der Waals surface area (Å²) >= 11 is 0. The van der Waals surface area contributed by atoms with Crippen molar-refractivity contribution in [2.24, 2.45) is 0 Å². The minimum absolute atomic E-state index is 0.0481. The molecule has 0 fully saturated rings. The Balaban J connectivity index is 2.79. The molecule has 0 bridgehead atoms. The van der Waals surface area contributed by atoms with Crippen LogP contribution in [0.3, 0.4) is 0 Å². The molecule has 0 amide bonds. The smallest absolute Gasteiger partial charge is 0.230 e. The summed E-state index contributed by atoms with van der Waals surface area (Å²) in [5.74, 6) is 1.77. The molecular weight excluding hydrogens is 200 g/mol. The molecule has 0 unspecified atom stereocenters. The van der Waals surface area contributed by atoms with E-state index in [0.29, 0.717) is 5.71 Å². The Labute approximate surface area is 95.9 Å². The fraction of sp³-hybridized carbons (Fsp3) is 0.538. The normalized spacial score (nSPS) is 12.4. The van der Waals surface area contributed by atoms with E-state index in [4.69, 9.17) is 4.42 Å². The Hall–Kier alpha value is -1.38. The molecule has 3 heteroatoms. The van der Waals surface area contributed by atoms with Crippen molar-refractivity contribution < 1.29 is 4.42 Å². The summed E-state index contributed by atoms with van der Waals surface area (Å²) in [5.41, 5.74) is 2.82. The summed E-state index contributed by atoms with van der Waals surface area (Å²) in [4.78, 5) is 9.09. The number of nitrogens with zero attached hydrogens (tertiary/aromatic N) is 2. The van der Waals surface area contributed by atoms with E-state index in [1.165, 1.54) is 0 Å². The van der Waals surface area contributed by atoms with Crippen LogP contribution in [0.25, 0.3) is 11.1 Å². The number of rotatable bonds is 0. The Morgan fingerprint density at radius 2 is 1.62 bits per heavy atom. The summed E-state index contributed by atoms with van der Waals surface area (Å²) in [6, 6.07) is 0. The van der Waals surface area contributed by atoms with Crippen molar-refractivity contribution in [3.05, 3.63) is 22.8 Å². The third kappa shape index (κ3) is 1.60. The Kier molecular flexibility index (Phi) is 2.30. The molecule has 86 valence electrons. The molecule has 0 N–H and O–H groups in total. The largest absolute Gasteiger partial charge is 0.443 e. The zero-order valence-electron chi connectivity index (χ0n) is 10.8. The van der Waals surface area contributed by atoms with Crippen molar-refractivity contribution in [3.8, 4) is 0 Å². The van der Waals surface area contributed by atoms with E-state index in [0.717, 1.165) is 28.2 Å². The molecule has 0 saturated heterocycles. The minimum atomic E-state index is -0.0481. The van der Waals surface area contributed by atoms with E-state index in [2.05, 4.69) is 30.7 Å². The van der Waals surface area contributed by atoms with Gasteiger partial charge in [-0.2, -0.15) is 4.98 Å². The van der Waals surface area contributed by atoms with Crippen LogP contribution < -0.4 is 0 Å². The van der Waals surface area contributed by atoms with Crippen LogP contribution in [0.5, 0.6) is 0 Å². The average molecular weight is 218 g/mol. The molecule has 0 atom stereocenters. The summed E-state index contributed by atoms with van der Waals surface area (Å²) in [6.45, 7) is 12.4. The molecule has 0 aromatic carbocycles. The van der Waals surface area contributed by atoms with E-state index >= 15 is 0 Å². The van der Waals surface area contributed by atoms with Crippen molar-refractivity contribution >= 4 is 11.1 Å². The first kappa shape index (κ1) is 11.1. The Bertz CT molecular complexity index is 547. The first-order valence-corrected chi connectivity index (χ1v) is 5.55. The van der Waals surface area contributed by atoms with Crippen molar-refractivity contribution in [2.75, 3.05) is 0 Å². The van der Waals surface area contributed by atoms with Crippen LogP contribution in [0.15, 0.2) is 4.42 Å². The van der Waals surface area contributed by atoms with Crippen LogP contribution >= 0.6 is 0 Å². The van der Waals surface area contributed by atoms with Crippen molar-refractivity contribution in [1.29, 1.82) is 0 Å². The lowest BCUT2D eigenvalue weighted by Crippen LogP contribution is -2.16. The molecular formula is C13H18N2O. The molecule has 2 aromatic heterocycles. The highest BCUT2D eigenvalue weighted by molar-refractivity contribution is 5.81. The lowest BCUT2D eigenvalue weighted by atomic mass is 9.95. The molecule has 2 aromatic rings. The Morgan fingerprint density at radius 1 is 1.00 bits per heavy atom. The van der Waals surface area contributed by atoms with Gasteiger partial charge in [0, 0.05) is 11.0 Å². The summed E-state index contributed by atoms with van der Waals surface area (Å²) in [5, 5.41) is 1.06. The van der Waals surface area contributed by atoms with E-state index in [1.807, 2.05) is 20.8 Å². The fourth-order valence-electron chi connectivity index (χ4n) is 1.79. The van der Waals surface area contributed by atoms with Gasteiger partial charge >= 0.3 is 0 Å². The number of hydrogen-bond acceptors (Lipinski definition) is 3. The van der Waals surface area contributed by atoms with Gasteiger partial charge in [0.05, 0.1) is 11.1 Å². The van der Waals surface area contributed by atoms with Crippen LogP contribution in [-0.4, -0.2) is 9.97 Å². The SMILES string of the molecule is Cc1oc2nc(C(C)(C)C)nc(C)c2c1C. The number of hydrogen-bond donors (Lipinski definition) is 0. The molecule has 16 heavy (non-hydrogen) atoms. The van der Waals surface area contributed by atoms with Gasteiger partial charge in [-0.15, -0.1) is 0 Å². The van der Waals surface area contributed by atoms with Gasteiger partial charge in [-0.25, -0.2) is 4.98 Å². The van der Waals surface area contributed by atoms with Gasteiger partial charge < -0.3 is 4.42 Å². The number of fused-ring (bicyclic) bond motifs is 1. The third-order valence-electron chi connectivity index (χ3n) is 2.88. The van der Waals surface area contributed by atoms with Gasteiger partial charge in [-0.05, 0) is 20.8 Å². The fourth-order valence-corrected chi connectivity index (χ4v) is 1.79. The van der Waals surface area contributed by atoms with E-state index in [-0.39, 0.29) is 5.41 Å². The zero-order chi connectivity index (χ0) is 12.1. The standard InChI is InChI=1S/C13H18N2O/c1-7-9(3)16-11-10(7)8(2)14-12(15-11)13(4,5)6/h1-6H3. The lowest BCUT2D eigenvalue weighted by molar-refractivity contribution is 0.524. The van der Waals surface area contributed by atoms with Crippen molar-refractivity contribution in [2.45, 2.75) is 47.0 Å². The van der Waals surface area contributed by atoms with E-state index in [9.17, 15) is 0 Å². The maximum absolute atomic E-state index is 5.66. The van der Waals surface area contributed by atoms with Gasteiger partial charge in [0.15, 0.2) is 0 Å². The van der Waals surface area contributed by atoms with Crippen LogP contribution in [0.1, 0.15) is 43.6 Å². The van der Waals surface area contributed by atoms with Crippen molar-refractivity contribution in [1.82, 2.24) is 9.97 Å². The number of aryl methyl sites for hydroxylation is 3. The highest BCUT2D eigenvalue weighted by Gasteiger charge is 2.21. The first-order valence-electron chi connectivity index (χ1n) is 5.55. The molecule has 0 spiro atoms. The lowest BCUT2D eigenvalue weighted by Gasteiger charge is -2.16. The molecule has 0 saturated carbocycles. The molecule has 2 heterocycles. The van der Waals surface area contributed by atoms with Gasteiger partial charge in [-0.1, -0.05) is 20.8 Å². The minimum Gasteiger partial charge on any atom is -0.443 e. The number of aromatic nitrogens is 2. The topological polar surface area (TPSA) is 38.9 Å². The third-order valence-corrected chi connectivity index (χ3v) is 2.88. The predicted octanol–water partition coefficient (Wildman–Crippen LogP) is 3.45. The molecule has 0 aliphatic carbocycles. The van der Waals surface area contributed by atoms with Crippen LogP contribution in [0, 0.1) is 20.8 Å². The van der Waals surface area contributed by atoms with Gasteiger partial charge in [0.25, 0.3) is 0 Å². The van der Waals surface area contributed by atoms with Gasteiger partial charge in [-0.3, -0.25) is 0 Å². The quantitative estimate of drug-likeness (QED) is 0.680. The summed E-state index contributed by atoms with van der Waals surface area (Å²) in [7, 11) is 0. The maximum atomic E-state index is 5.66. The van der Waals surface area contributed by atoms with Gasteiger partial charge in [0.1, 0.15) is 11.6 Å². The summed E-state index contributed by atoms with van der Waals surface area (Å²) < 4.78 is 5.66. The Morgan fingerprint density at radius 3 is 2.19 bits per heavy atom. The maximum Gasteiger partial charge on any atom is 0.230 e. The van der Waals surface area contributed by atoms with E-state index < -0.39 is 0 Å². The molecule has 2 rings (SSSR count). The molecule has 3 nitrogen and oxygen atoms in total. The van der Waals surface area contributed by atoms with Crippen molar-refractivity contribution in [3.63, 3.8) is 0 Å². The van der Waals surface area contributed by atoms with Crippen LogP contribution in [-0.2, 0) is 5.41 Å². The second-order valence-corrected chi connectivity index (χ2v) is 5.35. The highest BCUT2D eigenvalue weighted by Crippen LogP contribution is 2.28. The summed E-state index contributed by atoms with van der Waals surface area (Å²) in [6.07, 6.45) is 0. The second kappa shape index (κ2) is 3.30. The predicted molar refractivity (Wildman–Crippen MR) is 64.7 cm³/mol. The molecule has 0 aliphatic heterocycles. The first-order chi connectivity index (χ1) is 7.30. The van der Waals surface area contributed by atoms with E-state index in [1.54, 1.807) is 0 Å². The monoisotopic (exact) mass is 218 g/mol. The highest BCUT2D eigenvalue weighted by atomic mass is 16.3. The molecule has 0 radical (unpaired) electrons.